The van der Waals surface area contributed by atoms with E-state index in [1.54, 1.807) is 0 Å². The number of anilines is 2. The predicted octanol–water partition coefficient (Wildman–Crippen LogP) is 2.63. The number of nitrogens with zero attached hydrogens (tertiary/aromatic N) is 2. The normalized spacial score (nSPS) is 21.9. The average molecular weight is 308 g/mol. The van der Waals surface area contributed by atoms with E-state index < -0.39 is 0 Å². The highest BCUT2D eigenvalue weighted by Gasteiger charge is 2.30. The van der Waals surface area contributed by atoms with Crippen LogP contribution in [0.15, 0.2) is 0 Å². The molecule has 0 spiro atoms. The van der Waals surface area contributed by atoms with E-state index in [0.717, 1.165) is 43.8 Å². The second-order valence-electron chi connectivity index (χ2n) is 7.00. The van der Waals surface area contributed by atoms with E-state index in [4.69, 9.17) is 5.73 Å². The van der Waals surface area contributed by atoms with Crippen LogP contribution in [0.1, 0.15) is 56.3 Å². The van der Waals surface area contributed by atoms with E-state index in [9.17, 15) is 4.79 Å². The van der Waals surface area contributed by atoms with Gasteiger partial charge < -0.3 is 16.0 Å². The minimum Gasteiger partial charge on any atom is -0.382 e. The number of aromatic nitrogens is 1. The molecule has 1 aromatic rings. The van der Waals surface area contributed by atoms with Crippen LogP contribution in [-0.2, 0) is 0 Å². The number of nitrogens with two attached hydrogens (primary N) is 1. The van der Waals surface area contributed by atoms with Crippen molar-refractivity contribution >= 4 is 28.3 Å². The molecule has 2 fully saturated rings. The highest BCUT2D eigenvalue weighted by atomic mass is 32.1. The van der Waals surface area contributed by atoms with Gasteiger partial charge in [-0.2, -0.15) is 4.37 Å². The molecular formula is C15H24N4OS. The summed E-state index contributed by atoms with van der Waals surface area (Å²) in [7, 11) is 0. The Bertz CT molecular complexity index is 536. The summed E-state index contributed by atoms with van der Waals surface area (Å²) in [5.74, 6) is 0.318. The lowest BCUT2D eigenvalue weighted by Crippen LogP contribution is -2.30. The van der Waals surface area contributed by atoms with Crippen LogP contribution in [0.25, 0.3) is 0 Å². The third-order valence-corrected chi connectivity index (χ3v) is 5.39. The molecule has 1 saturated carbocycles. The van der Waals surface area contributed by atoms with E-state index >= 15 is 0 Å². The van der Waals surface area contributed by atoms with Crippen molar-refractivity contribution < 1.29 is 4.79 Å². The first-order chi connectivity index (χ1) is 9.96. The van der Waals surface area contributed by atoms with Gasteiger partial charge in [-0.1, -0.05) is 13.8 Å². The van der Waals surface area contributed by atoms with Crippen molar-refractivity contribution in [1.82, 2.24) is 9.69 Å². The number of hydrogen-bond donors (Lipinski definition) is 2. The van der Waals surface area contributed by atoms with Crippen LogP contribution >= 0.6 is 11.5 Å². The lowest BCUT2D eigenvalue weighted by atomic mass is 9.85. The summed E-state index contributed by atoms with van der Waals surface area (Å²) in [6.45, 7) is 6.59. The molecule has 1 aliphatic carbocycles. The Balaban J connectivity index is 1.79. The number of rotatable bonds is 3. The smallest absolute Gasteiger partial charge is 0.258 e. The monoisotopic (exact) mass is 308 g/mol. The van der Waals surface area contributed by atoms with Gasteiger partial charge in [0.15, 0.2) is 5.82 Å². The van der Waals surface area contributed by atoms with Gasteiger partial charge in [0, 0.05) is 19.1 Å². The molecule has 0 bridgehead atoms. The average Bonchev–Trinajstić information content (AvgIpc) is 3.16. The van der Waals surface area contributed by atoms with Gasteiger partial charge >= 0.3 is 0 Å². The summed E-state index contributed by atoms with van der Waals surface area (Å²) in [6, 6.07) is 0.340. The molecule has 3 N–H and O–H groups in total. The summed E-state index contributed by atoms with van der Waals surface area (Å²) < 4.78 is 4.22. The molecule has 1 saturated heterocycles. The highest BCUT2D eigenvalue weighted by molar-refractivity contribution is 7.11. The third-order valence-electron chi connectivity index (χ3n) is 4.47. The fourth-order valence-electron chi connectivity index (χ4n) is 2.83. The Morgan fingerprint density at radius 1 is 1.38 bits per heavy atom. The fraction of sp³-hybridized carbons (Fsp3) is 0.733. The summed E-state index contributed by atoms with van der Waals surface area (Å²) in [5.41, 5.74) is 6.92. The zero-order valence-electron chi connectivity index (χ0n) is 12.8. The minimum absolute atomic E-state index is 0.0535. The Morgan fingerprint density at radius 2 is 2.14 bits per heavy atom. The molecular weight excluding hydrogens is 284 g/mol. The van der Waals surface area contributed by atoms with Crippen molar-refractivity contribution in [2.45, 2.75) is 52.0 Å². The Labute approximate surface area is 130 Å². The van der Waals surface area contributed by atoms with Crippen LogP contribution in [0, 0.1) is 5.41 Å². The second-order valence-corrected chi connectivity index (χ2v) is 7.75. The molecule has 116 valence electrons. The van der Waals surface area contributed by atoms with Crippen LogP contribution in [0.5, 0.6) is 0 Å². The van der Waals surface area contributed by atoms with Crippen molar-refractivity contribution in [2.75, 3.05) is 23.7 Å². The standard InChI is InChI=1S/C15H24N4OS/c1-15(2)6-3-8-19(9-7-15)14-11(12(16)18-21-14)13(20)17-10-4-5-10/h10H,3-9H2,1-2H3,(H2,16,18)(H,17,20). The third kappa shape index (κ3) is 3.31. The number of hydrogen-bond acceptors (Lipinski definition) is 5. The van der Waals surface area contributed by atoms with Crippen molar-refractivity contribution in [3.8, 4) is 0 Å². The first-order valence-electron chi connectivity index (χ1n) is 7.77. The summed E-state index contributed by atoms with van der Waals surface area (Å²) >= 11 is 1.36. The minimum atomic E-state index is -0.0535. The summed E-state index contributed by atoms with van der Waals surface area (Å²) in [6.07, 6.45) is 5.66. The van der Waals surface area contributed by atoms with E-state index in [0.29, 0.717) is 22.8 Å². The number of carbonyl (C=O) groups is 1. The van der Waals surface area contributed by atoms with Crippen LogP contribution < -0.4 is 16.0 Å². The lowest BCUT2D eigenvalue weighted by molar-refractivity contribution is 0.0952. The first-order valence-corrected chi connectivity index (χ1v) is 8.54. The van der Waals surface area contributed by atoms with Gasteiger partial charge in [-0.3, -0.25) is 4.79 Å². The topological polar surface area (TPSA) is 71.2 Å². The Morgan fingerprint density at radius 3 is 2.86 bits per heavy atom. The van der Waals surface area contributed by atoms with Crippen LogP contribution in [0.2, 0.25) is 0 Å². The maximum atomic E-state index is 12.4. The maximum Gasteiger partial charge on any atom is 0.258 e. The van der Waals surface area contributed by atoms with E-state index in [2.05, 4.69) is 28.4 Å². The fourth-order valence-corrected chi connectivity index (χ4v) is 3.70. The van der Waals surface area contributed by atoms with Gasteiger partial charge in [0.25, 0.3) is 5.91 Å². The van der Waals surface area contributed by atoms with Gasteiger partial charge in [-0.25, -0.2) is 0 Å². The van der Waals surface area contributed by atoms with Crippen LogP contribution in [0.3, 0.4) is 0 Å². The molecule has 0 atom stereocenters. The van der Waals surface area contributed by atoms with Crippen molar-refractivity contribution in [3.63, 3.8) is 0 Å². The van der Waals surface area contributed by atoms with Crippen molar-refractivity contribution in [2.24, 2.45) is 5.41 Å². The number of carbonyl (C=O) groups excluding carboxylic acids is 1. The van der Waals surface area contributed by atoms with Gasteiger partial charge in [-0.15, -0.1) is 0 Å². The van der Waals surface area contributed by atoms with Gasteiger partial charge in [0.1, 0.15) is 10.6 Å². The molecule has 0 unspecified atom stereocenters. The summed E-state index contributed by atoms with van der Waals surface area (Å²) in [5, 5.41) is 3.98. The van der Waals surface area contributed by atoms with Gasteiger partial charge in [-0.05, 0) is 49.1 Å². The molecule has 6 heteroatoms. The molecule has 1 amide bonds. The SMILES string of the molecule is CC1(C)CCCN(c2snc(N)c2C(=O)NC2CC2)CC1. The highest BCUT2D eigenvalue weighted by Crippen LogP contribution is 2.36. The van der Waals surface area contributed by atoms with Crippen molar-refractivity contribution in [1.29, 1.82) is 0 Å². The van der Waals surface area contributed by atoms with Gasteiger partial charge in [0.05, 0.1) is 0 Å². The molecule has 1 aromatic heterocycles. The number of nitrogens with one attached hydrogen (secondary N) is 1. The lowest BCUT2D eigenvalue weighted by Gasteiger charge is -2.24. The zero-order valence-corrected chi connectivity index (χ0v) is 13.6. The molecule has 0 aromatic carbocycles. The number of nitrogen functional groups attached to an aromatic ring is 1. The van der Waals surface area contributed by atoms with E-state index in [1.165, 1.54) is 18.0 Å². The Hall–Kier alpha value is -1.30. The summed E-state index contributed by atoms with van der Waals surface area (Å²) in [4.78, 5) is 14.7. The van der Waals surface area contributed by atoms with Crippen LogP contribution in [-0.4, -0.2) is 29.4 Å². The molecule has 3 rings (SSSR count). The van der Waals surface area contributed by atoms with E-state index in [-0.39, 0.29) is 5.91 Å². The second kappa shape index (κ2) is 5.48. The molecule has 5 nitrogen and oxygen atoms in total. The molecule has 21 heavy (non-hydrogen) atoms. The number of amides is 1. The molecule has 1 aliphatic heterocycles. The first kappa shape index (κ1) is 14.6. The quantitative estimate of drug-likeness (QED) is 0.900. The predicted molar refractivity (Wildman–Crippen MR) is 86.9 cm³/mol. The molecule has 0 radical (unpaired) electrons. The molecule has 2 aliphatic rings. The largest absolute Gasteiger partial charge is 0.382 e. The molecule has 2 heterocycles. The maximum absolute atomic E-state index is 12.4. The van der Waals surface area contributed by atoms with Crippen molar-refractivity contribution in [3.05, 3.63) is 5.56 Å². The Kier molecular flexibility index (Phi) is 3.82. The van der Waals surface area contributed by atoms with Gasteiger partial charge in [0.2, 0.25) is 0 Å². The zero-order chi connectivity index (χ0) is 15.0. The van der Waals surface area contributed by atoms with E-state index in [1.807, 2.05) is 0 Å². The van der Waals surface area contributed by atoms with Crippen LogP contribution in [0.4, 0.5) is 10.8 Å².